The Morgan fingerprint density at radius 2 is 1.24 bits per heavy atom. The molecule has 0 aliphatic carbocycles. The van der Waals surface area contributed by atoms with E-state index in [9.17, 15) is 0 Å². The molecule has 1 atom stereocenters. The minimum Gasteiger partial charge on any atom is -0.473 e. The first-order valence-corrected chi connectivity index (χ1v) is 13.3. The molecule has 1 unspecified atom stereocenters. The van der Waals surface area contributed by atoms with Gasteiger partial charge in [-0.3, -0.25) is 0 Å². The molecule has 0 radical (unpaired) electrons. The van der Waals surface area contributed by atoms with Crippen LogP contribution in [0.5, 0.6) is 17.6 Å². The summed E-state index contributed by atoms with van der Waals surface area (Å²) in [7, 11) is 0. The molecule has 0 aromatic carbocycles. The first-order valence-electron chi connectivity index (χ1n) is 11.8. The normalized spacial score (nSPS) is 21.6. The van der Waals surface area contributed by atoms with Crippen molar-refractivity contribution in [1.29, 1.82) is 0 Å². The van der Waals surface area contributed by atoms with Gasteiger partial charge in [0.2, 0.25) is 5.88 Å². The largest absolute Gasteiger partial charge is 0.473 e. The second kappa shape index (κ2) is 14.0. The van der Waals surface area contributed by atoms with Gasteiger partial charge in [-0.1, -0.05) is 0 Å². The van der Waals surface area contributed by atoms with Crippen LogP contribution in [0.15, 0.2) is 0 Å². The SMILES string of the molecule is CCOc1nsnc1OCCOCCOCCOCCOc1nsnc1C1CN2CCC1CC2. The van der Waals surface area contributed by atoms with E-state index in [1.807, 2.05) is 6.92 Å². The summed E-state index contributed by atoms with van der Waals surface area (Å²) in [5, 5.41) is 0. The maximum atomic E-state index is 5.87. The van der Waals surface area contributed by atoms with Crippen LogP contribution in [-0.2, 0) is 14.2 Å². The fraction of sp³-hybridized carbons (Fsp3) is 0.810. The van der Waals surface area contributed by atoms with Crippen LogP contribution >= 0.6 is 23.5 Å². The van der Waals surface area contributed by atoms with Crippen molar-refractivity contribution >= 4 is 23.5 Å². The van der Waals surface area contributed by atoms with Crippen molar-refractivity contribution in [2.75, 3.05) is 79.1 Å². The first-order chi connectivity index (χ1) is 16.8. The second-order valence-electron chi connectivity index (χ2n) is 8.04. The number of fused-ring (bicyclic) bond motifs is 3. The lowest BCUT2D eigenvalue weighted by Crippen LogP contribution is -2.46. The van der Waals surface area contributed by atoms with Gasteiger partial charge < -0.3 is 33.3 Å². The maximum absolute atomic E-state index is 5.87. The summed E-state index contributed by atoms with van der Waals surface area (Å²) in [5.41, 5.74) is 1.03. The van der Waals surface area contributed by atoms with E-state index in [4.69, 9.17) is 28.4 Å². The summed E-state index contributed by atoms with van der Waals surface area (Å²) in [5.74, 6) is 2.69. The van der Waals surface area contributed by atoms with E-state index in [0.717, 1.165) is 24.0 Å². The zero-order valence-electron chi connectivity index (χ0n) is 19.6. The summed E-state index contributed by atoms with van der Waals surface area (Å²) in [6.07, 6.45) is 2.51. The van der Waals surface area contributed by atoms with Crippen molar-refractivity contribution in [3.05, 3.63) is 5.69 Å². The van der Waals surface area contributed by atoms with Crippen LogP contribution in [-0.4, -0.2) is 101 Å². The average molecular weight is 516 g/mol. The van der Waals surface area contributed by atoms with Gasteiger partial charge >= 0.3 is 0 Å². The Balaban J connectivity index is 0.969. The molecule has 190 valence electrons. The van der Waals surface area contributed by atoms with E-state index >= 15 is 0 Å². The van der Waals surface area contributed by atoms with E-state index in [2.05, 4.69) is 22.4 Å². The zero-order chi connectivity index (χ0) is 23.4. The van der Waals surface area contributed by atoms with Gasteiger partial charge in [-0.15, -0.1) is 13.1 Å². The molecule has 5 heterocycles. The zero-order valence-corrected chi connectivity index (χ0v) is 21.2. The van der Waals surface area contributed by atoms with Crippen molar-refractivity contribution < 1.29 is 28.4 Å². The quantitative estimate of drug-likeness (QED) is 0.289. The highest BCUT2D eigenvalue weighted by Gasteiger charge is 2.38. The molecule has 3 fully saturated rings. The molecule has 13 heteroatoms. The third kappa shape index (κ3) is 7.43. The molecule has 5 rings (SSSR count). The van der Waals surface area contributed by atoms with Crippen molar-refractivity contribution in [2.45, 2.75) is 25.7 Å². The van der Waals surface area contributed by atoms with E-state index < -0.39 is 0 Å². The lowest BCUT2D eigenvalue weighted by molar-refractivity contribution is 0.00436. The fourth-order valence-electron chi connectivity index (χ4n) is 4.21. The number of hydrogen-bond acceptors (Lipinski definition) is 13. The predicted octanol–water partition coefficient (Wildman–Crippen LogP) is 2.11. The van der Waals surface area contributed by atoms with E-state index in [1.165, 1.54) is 37.7 Å². The number of ether oxygens (including phenoxy) is 6. The van der Waals surface area contributed by atoms with Gasteiger partial charge in [0.1, 0.15) is 18.9 Å². The van der Waals surface area contributed by atoms with Crippen molar-refractivity contribution in [3.63, 3.8) is 0 Å². The molecule has 2 aromatic heterocycles. The summed E-state index contributed by atoms with van der Waals surface area (Å²) >= 11 is 2.30. The lowest BCUT2D eigenvalue weighted by atomic mass is 9.77. The molecule has 3 saturated heterocycles. The van der Waals surface area contributed by atoms with Crippen LogP contribution in [0, 0.1) is 5.92 Å². The highest BCUT2D eigenvalue weighted by atomic mass is 32.1. The average Bonchev–Trinajstić information content (AvgIpc) is 3.52. The van der Waals surface area contributed by atoms with Crippen LogP contribution in [0.25, 0.3) is 0 Å². The minimum absolute atomic E-state index is 0.379. The molecule has 2 bridgehead atoms. The Morgan fingerprint density at radius 3 is 1.82 bits per heavy atom. The number of nitrogens with zero attached hydrogens (tertiary/aromatic N) is 5. The van der Waals surface area contributed by atoms with Crippen LogP contribution in [0.3, 0.4) is 0 Å². The molecule has 0 spiro atoms. The van der Waals surface area contributed by atoms with Crippen LogP contribution < -0.4 is 14.2 Å². The molecular formula is C21H33N5O6S2. The Hall–Kier alpha value is -1.64. The number of rotatable bonds is 17. The monoisotopic (exact) mass is 515 g/mol. The Labute approximate surface area is 208 Å². The van der Waals surface area contributed by atoms with Crippen molar-refractivity contribution in [3.8, 4) is 17.6 Å². The van der Waals surface area contributed by atoms with E-state index in [0.29, 0.717) is 88.9 Å². The number of aromatic nitrogens is 4. The molecule has 0 N–H and O–H groups in total. The summed E-state index contributed by atoms with van der Waals surface area (Å²) in [4.78, 5) is 2.52. The second-order valence-corrected chi connectivity index (χ2v) is 9.10. The van der Waals surface area contributed by atoms with Crippen molar-refractivity contribution in [2.24, 2.45) is 5.92 Å². The topological polar surface area (TPSA) is 110 Å². The lowest BCUT2D eigenvalue weighted by Gasteiger charge is -2.44. The van der Waals surface area contributed by atoms with Gasteiger partial charge in [-0.2, -0.15) is 4.37 Å². The van der Waals surface area contributed by atoms with Crippen LogP contribution in [0.4, 0.5) is 0 Å². The maximum Gasteiger partial charge on any atom is 0.291 e. The molecule has 11 nitrogen and oxygen atoms in total. The molecular weight excluding hydrogens is 482 g/mol. The van der Waals surface area contributed by atoms with Gasteiger partial charge in [0.15, 0.2) is 0 Å². The standard InChI is InChI=1S/C21H33N5O6S2/c1-2-30-20-21(25-34-24-20)32-14-12-29-10-8-27-7-9-28-11-13-31-19-18(22-33-23-19)17-15-26-5-3-16(17)4-6-26/h16-17H,2-15H2,1H3. The van der Waals surface area contributed by atoms with Gasteiger partial charge in [0, 0.05) is 12.5 Å². The number of piperidine rings is 3. The molecule has 3 aliphatic rings. The van der Waals surface area contributed by atoms with Crippen LogP contribution in [0.2, 0.25) is 0 Å². The van der Waals surface area contributed by atoms with Crippen LogP contribution in [0.1, 0.15) is 31.4 Å². The molecule has 34 heavy (non-hydrogen) atoms. The third-order valence-corrected chi connectivity index (χ3v) is 6.90. The molecule has 3 aliphatic heterocycles. The summed E-state index contributed by atoms with van der Waals surface area (Å²) < 4.78 is 50.3. The molecule has 0 saturated carbocycles. The minimum atomic E-state index is 0.379. The van der Waals surface area contributed by atoms with Gasteiger partial charge in [-0.25, -0.2) is 0 Å². The smallest absolute Gasteiger partial charge is 0.291 e. The van der Waals surface area contributed by atoms with Gasteiger partial charge in [0.25, 0.3) is 11.8 Å². The van der Waals surface area contributed by atoms with E-state index in [1.54, 1.807) is 0 Å². The van der Waals surface area contributed by atoms with Gasteiger partial charge in [-0.05, 0) is 38.8 Å². The predicted molar refractivity (Wildman–Crippen MR) is 126 cm³/mol. The first kappa shape index (κ1) is 25.5. The van der Waals surface area contributed by atoms with E-state index in [-0.39, 0.29) is 0 Å². The van der Waals surface area contributed by atoms with Crippen molar-refractivity contribution in [1.82, 2.24) is 22.4 Å². The highest BCUT2D eigenvalue weighted by molar-refractivity contribution is 6.99. The molecule has 2 aromatic rings. The fourth-order valence-corrected chi connectivity index (χ4v) is 5.22. The Morgan fingerprint density at radius 1 is 0.706 bits per heavy atom. The Bertz CT molecular complexity index is 832. The highest BCUT2D eigenvalue weighted by Crippen LogP contribution is 2.41. The Kier molecular flexibility index (Phi) is 10.5. The molecule has 0 amide bonds. The number of hydrogen-bond donors (Lipinski definition) is 0. The summed E-state index contributed by atoms with van der Waals surface area (Å²) in [6.45, 7) is 9.68. The third-order valence-electron chi connectivity index (χ3n) is 5.88. The van der Waals surface area contributed by atoms with Gasteiger partial charge in [0.05, 0.1) is 69.7 Å². The summed E-state index contributed by atoms with van der Waals surface area (Å²) in [6, 6.07) is 0.